The number of nitrogen functional groups attached to an aromatic ring is 1. The number of hydrogen-bond donors (Lipinski definition) is 3. The minimum Gasteiger partial charge on any atom is -0.486 e. The number of aromatic nitrogens is 3. The summed E-state index contributed by atoms with van der Waals surface area (Å²) in [5.41, 5.74) is 5.35. The van der Waals surface area contributed by atoms with Crippen LogP contribution >= 0.6 is 11.8 Å². The SMILES string of the molecule is C[n+]1[nH]oc(=O)c1-c1c(C#N)c(N)nc(SCC(=O)Nc2ccc3c(c2)OCCO3)c1C#N. The van der Waals surface area contributed by atoms with Gasteiger partial charge >= 0.3 is 11.3 Å². The lowest BCUT2D eigenvalue weighted by molar-refractivity contribution is -0.730. The first kappa shape index (κ1) is 21.7. The van der Waals surface area contributed by atoms with E-state index in [0.29, 0.717) is 30.4 Å². The molecule has 33 heavy (non-hydrogen) atoms. The number of thioether (sulfide) groups is 1. The summed E-state index contributed by atoms with van der Waals surface area (Å²) in [6, 6.07) is 8.86. The summed E-state index contributed by atoms with van der Waals surface area (Å²) in [5, 5.41) is 24.5. The summed E-state index contributed by atoms with van der Waals surface area (Å²) in [5.74, 6) is 0.456. The van der Waals surface area contributed by atoms with Gasteiger partial charge in [0.05, 0.1) is 11.3 Å². The third-order valence-corrected chi connectivity index (χ3v) is 5.60. The number of aryl methyl sites for hydroxylation is 1. The topological polar surface area (TPSA) is 184 Å². The normalized spacial score (nSPS) is 12.0. The molecule has 0 atom stereocenters. The molecular weight excluding hydrogens is 450 g/mol. The maximum Gasteiger partial charge on any atom is 0.435 e. The number of H-pyrrole nitrogens is 1. The Labute approximate surface area is 190 Å². The summed E-state index contributed by atoms with van der Waals surface area (Å²) in [6.07, 6.45) is 0. The number of anilines is 2. The quantitative estimate of drug-likeness (QED) is 0.357. The van der Waals surface area contributed by atoms with Crippen molar-refractivity contribution in [2.45, 2.75) is 5.03 Å². The lowest BCUT2D eigenvalue weighted by Gasteiger charge is -2.19. The highest BCUT2D eigenvalue weighted by Gasteiger charge is 2.31. The first-order chi connectivity index (χ1) is 15.9. The number of benzene rings is 1. The van der Waals surface area contributed by atoms with Gasteiger partial charge in [0.2, 0.25) is 5.91 Å². The lowest BCUT2D eigenvalue weighted by Crippen LogP contribution is -2.34. The number of rotatable bonds is 5. The van der Waals surface area contributed by atoms with E-state index < -0.39 is 5.63 Å². The van der Waals surface area contributed by atoms with E-state index in [-0.39, 0.29) is 44.9 Å². The van der Waals surface area contributed by atoms with E-state index in [1.165, 1.54) is 11.7 Å². The van der Waals surface area contributed by atoms with Crippen LogP contribution in [0, 0.1) is 22.7 Å². The zero-order valence-electron chi connectivity index (χ0n) is 17.2. The zero-order chi connectivity index (χ0) is 23.5. The summed E-state index contributed by atoms with van der Waals surface area (Å²) in [4.78, 5) is 28.8. The van der Waals surface area contributed by atoms with Crippen molar-refractivity contribution in [2.24, 2.45) is 7.05 Å². The second-order valence-electron chi connectivity index (χ2n) is 6.73. The van der Waals surface area contributed by atoms with Gasteiger partial charge in [0.25, 0.3) is 0 Å². The molecule has 2 aromatic heterocycles. The average Bonchev–Trinajstić information content (AvgIpc) is 3.14. The molecule has 0 saturated heterocycles. The molecule has 1 amide bonds. The highest BCUT2D eigenvalue weighted by Crippen LogP contribution is 2.34. The van der Waals surface area contributed by atoms with Crippen LogP contribution in [0.5, 0.6) is 11.5 Å². The highest BCUT2D eigenvalue weighted by molar-refractivity contribution is 8.00. The number of ether oxygens (including phenoxy) is 2. The van der Waals surface area contributed by atoms with Gasteiger partial charge in [-0.25, -0.2) is 9.78 Å². The van der Waals surface area contributed by atoms with Crippen molar-refractivity contribution in [3.8, 4) is 34.9 Å². The highest BCUT2D eigenvalue weighted by atomic mass is 32.2. The van der Waals surface area contributed by atoms with Gasteiger partial charge in [0.1, 0.15) is 47.3 Å². The molecule has 1 aliphatic rings. The molecule has 0 aliphatic carbocycles. The largest absolute Gasteiger partial charge is 0.486 e. The molecule has 3 aromatic rings. The number of nitriles is 2. The predicted octanol–water partition coefficient (Wildman–Crippen LogP) is 0.682. The number of hydrogen-bond acceptors (Lipinski definition) is 10. The van der Waals surface area contributed by atoms with Crippen LogP contribution in [0.1, 0.15) is 11.1 Å². The van der Waals surface area contributed by atoms with Crippen molar-refractivity contribution in [1.29, 1.82) is 10.5 Å². The van der Waals surface area contributed by atoms with Gasteiger partial charge < -0.3 is 20.5 Å². The third-order valence-electron chi connectivity index (χ3n) is 4.62. The molecule has 0 unspecified atom stereocenters. The number of carbonyl (C=O) groups is 1. The summed E-state index contributed by atoms with van der Waals surface area (Å²) < 4.78 is 16.9. The van der Waals surface area contributed by atoms with Crippen molar-refractivity contribution in [3.05, 3.63) is 39.7 Å². The Morgan fingerprint density at radius 1 is 1.27 bits per heavy atom. The van der Waals surface area contributed by atoms with Crippen molar-refractivity contribution in [2.75, 3.05) is 30.0 Å². The molecule has 0 bridgehead atoms. The van der Waals surface area contributed by atoms with Gasteiger partial charge in [-0.05, 0) is 17.4 Å². The van der Waals surface area contributed by atoms with E-state index in [4.69, 9.17) is 19.7 Å². The number of aromatic amines is 1. The van der Waals surface area contributed by atoms with Crippen LogP contribution in [0.3, 0.4) is 0 Å². The lowest BCUT2D eigenvalue weighted by atomic mass is 10.0. The Balaban J connectivity index is 1.60. The molecule has 4 rings (SSSR count). The number of nitrogens with two attached hydrogens (primary N) is 1. The summed E-state index contributed by atoms with van der Waals surface area (Å²) in [6.45, 7) is 0.880. The maximum absolute atomic E-state index is 12.5. The third kappa shape index (κ3) is 4.17. The monoisotopic (exact) mass is 466 g/mol. The van der Waals surface area contributed by atoms with Gasteiger partial charge in [-0.1, -0.05) is 16.4 Å². The van der Waals surface area contributed by atoms with E-state index in [9.17, 15) is 20.1 Å². The molecule has 166 valence electrons. The number of carbonyl (C=O) groups excluding carboxylic acids is 1. The van der Waals surface area contributed by atoms with Gasteiger partial charge in [-0.3, -0.25) is 9.32 Å². The smallest absolute Gasteiger partial charge is 0.435 e. The molecule has 0 fully saturated rings. The van der Waals surface area contributed by atoms with Crippen molar-refractivity contribution >= 4 is 29.2 Å². The predicted molar refractivity (Wildman–Crippen MR) is 114 cm³/mol. The Morgan fingerprint density at radius 3 is 2.67 bits per heavy atom. The van der Waals surface area contributed by atoms with Crippen molar-refractivity contribution < 1.29 is 23.5 Å². The van der Waals surface area contributed by atoms with E-state index in [1.54, 1.807) is 18.2 Å². The van der Waals surface area contributed by atoms with Crippen LogP contribution in [0.15, 0.2) is 32.5 Å². The van der Waals surface area contributed by atoms with Crippen LogP contribution in [0.2, 0.25) is 0 Å². The van der Waals surface area contributed by atoms with Gasteiger partial charge in [-0.2, -0.15) is 10.5 Å². The summed E-state index contributed by atoms with van der Waals surface area (Å²) >= 11 is 0.941. The second-order valence-corrected chi connectivity index (χ2v) is 7.70. The summed E-state index contributed by atoms with van der Waals surface area (Å²) in [7, 11) is 1.48. The fourth-order valence-electron chi connectivity index (χ4n) is 3.20. The molecular formula is C20H16N7O5S+. The molecule has 13 heteroatoms. The van der Waals surface area contributed by atoms with E-state index in [1.807, 2.05) is 12.1 Å². The van der Waals surface area contributed by atoms with E-state index in [0.717, 1.165) is 11.8 Å². The molecule has 0 spiro atoms. The fraction of sp³-hybridized carbons (Fsp3) is 0.200. The number of fused-ring (bicyclic) bond motifs is 1. The van der Waals surface area contributed by atoms with Crippen LogP contribution < -0.4 is 30.8 Å². The Hall–Kier alpha value is -4.49. The van der Waals surface area contributed by atoms with Gasteiger partial charge in [0, 0.05) is 11.8 Å². The van der Waals surface area contributed by atoms with E-state index >= 15 is 0 Å². The molecule has 1 aromatic carbocycles. The van der Waals surface area contributed by atoms with Crippen LogP contribution in [-0.2, 0) is 11.8 Å². The maximum atomic E-state index is 12.5. The molecule has 4 N–H and O–H groups in total. The fourth-order valence-corrected chi connectivity index (χ4v) is 4.00. The van der Waals surface area contributed by atoms with Crippen molar-refractivity contribution in [3.63, 3.8) is 0 Å². The molecule has 0 saturated carbocycles. The minimum atomic E-state index is -0.789. The molecule has 12 nitrogen and oxygen atoms in total. The molecule has 3 heterocycles. The standard InChI is InChI=1S/C20H15N7O5S/c1-27-17(20(29)32-26-27)16-11(7-21)18(23)25-19(12(16)8-22)33-9-15(28)24-10-2-3-13-14(6-10)31-5-4-30-13/h2-3,6H,4-5,9H2,1H3,(H3-,23,24,25,26,28,29)/p+1. The number of nitrogens with zero attached hydrogens (tertiary/aromatic N) is 4. The number of pyridine rings is 1. The van der Waals surface area contributed by atoms with Crippen molar-refractivity contribution in [1.82, 2.24) is 10.3 Å². The van der Waals surface area contributed by atoms with Crippen LogP contribution in [0.4, 0.5) is 11.5 Å². The number of amides is 1. The van der Waals surface area contributed by atoms with Gasteiger partial charge in [-0.15, -0.1) is 0 Å². The second kappa shape index (κ2) is 8.94. The Bertz CT molecular complexity index is 1400. The Kier molecular flexibility index (Phi) is 5.89. The molecule has 1 aliphatic heterocycles. The van der Waals surface area contributed by atoms with Crippen LogP contribution in [0.25, 0.3) is 11.3 Å². The first-order valence-electron chi connectivity index (χ1n) is 9.46. The van der Waals surface area contributed by atoms with Crippen LogP contribution in [-0.4, -0.2) is 35.1 Å². The number of nitrogens with one attached hydrogen (secondary N) is 2. The average molecular weight is 466 g/mol. The Morgan fingerprint density at radius 2 is 2.00 bits per heavy atom. The van der Waals surface area contributed by atoms with E-state index in [2.05, 4.69) is 15.6 Å². The minimum absolute atomic E-state index is 0.0141. The van der Waals surface area contributed by atoms with Gasteiger partial charge in [0.15, 0.2) is 18.5 Å². The molecule has 0 radical (unpaired) electrons. The zero-order valence-corrected chi connectivity index (χ0v) is 18.0. The first-order valence-corrected chi connectivity index (χ1v) is 10.4.